The van der Waals surface area contributed by atoms with Gasteiger partial charge in [-0.3, -0.25) is 10.1 Å². The molecule has 1 rings (SSSR count). The number of hydrogen-bond donors (Lipinski definition) is 2. The number of ether oxygens (including phenoxy) is 2. The van der Waals surface area contributed by atoms with Crippen molar-refractivity contribution in [3.05, 3.63) is 27.8 Å². The zero-order valence-corrected chi connectivity index (χ0v) is 11.2. The van der Waals surface area contributed by atoms with Gasteiger partial charge in [0, 0.05) is 6.07 Å². The Balaban J connectivity index is 3.37. The number of carbonyl (C=O) groups is 2. The number of rotatable bonds is 7. The Labute approximate surface area is 118 Å². The lowest BCUT2D eigenvalue weighted by Gasteiger charge is -2.16. The highest BCUT2D eigenvalue weighted by Crippen LogP contribution is 2.35. The quantitative estimate of drug-likeness (QED) is 0.571. The molecule has 0 aromatic heterocycles. The lowest BCUT2D eigenvalue weighted by molar-refractivity contribution is -0.385. The van der Waals surface area contributed by atoms with Gasteiger partial charge < -0.3 is 19.7 Å². The SMILES string of the molecule is CCC(Oc1cc([N+](=O)[O-])c(C(=O)O)cc1OC)C(=O)O. The summed E-state index contributed by atoms with van der Waals surface area (Å²) in [6, 6.07) is 1.76. The standard InChI is InChI=1S/C12H13NO8/c1-3-8(12(16)17)21-10-5-7(13(18)19)6(11(14)15)4-9(10)20-2/h4-5,8H,3H2,1-2H3,(H,14,15)(H,16,17). The summed E-state index contributed by atoms with van der Waals surface area (Å²) in [5.41, 5.74) is -1.29. The van der Waals surface area contributed by atoms with Crippen LogP contribution in [0.2, 0.25) is 0 Å². The minimum absolute atomic E-state index is 0.0994. The third-order valence-electron chi connectivity index (χ3n) is 2.62. The Hall–Kier alpha value is -2.84. The van der Waals surface area contributed by atoms with Crippen molar-refractivity contribution >= 4 is 17.6 Å². The van der Waals surface area contributed by atoms with Crippen LogP contribution in [0.5, 0.6) is 11.5 Å². The van der Waals surface area contributed by atoms with E-state index in [2.05, 4.69) is 0 Å². The van der Waals surface area contributed by atoms with E-state index in [0.717, 1.165) is 12.1 Å². The molecule has 0 radical (unpaired) electrons. The van der Waals surface area contributed by atoms with Gasteiger partial charge in [-0.25, -0.2) is 9.59 Å². The molecule has 0 aliphatic carbocycles. The van der Waals surface area contributed by atoms with E-state index in [1.54, 1.807) is 6.92 Å². The molecule has 0 saturated heterocycles. The van der Waals surface area contributed by atoms with Gasteiger partial charge in [0.1, 0.15) is 5.56 Å². The van der Waals surface area contributed by atoms with Crippen molar-refractivity contribution < 1.29 is 34.2 Å². The first-order chi connectivity index (χ1) is 9.81. The Morgan fingerprint density at radius 2 is 1.95 bits per heavy atom. The van der Waals surface area contributed by atoms with E-state index in [-0.39, 0.29) is 17.9 Å². The first kappa shape index (κ1) is 16.2. The minimum atomic E-state index is -1.50. The first-order valence-electron chi connectivity index (χ1n) is 5.81. The van der Waals surface area contributed by atoms with Gasteiger partial charge in [0.2, 0.25) is 0 Å². The van der Waals surface area contributed by atoms with Crippen LogP contribution in [0.3, 0.4) is 0 Å². The van der Waals surface area contributed by atoms with Gasteiger partial charge in [0.05, 0.1) is 18.1 Å². The van der Waals surface area contributed by atoms with Gasteiger partial charge in [0.25, 0.3) is 5.69 Å². The maximum Gasteiger partial charge on any atom is 0.344 e. The molecule has 0 spiro atoms. The molecule has 21 heavy (non-hydrogen) atoms. The minimum Gasteiger partial charge on any atom is -0.493 e. The second-order valence-corrected chi connectivity index (χ2v) is 3.94. The van der Waals surface area contributed by atoms with Crippen LogP contribution in [-0.2, 0) is 4.79 Å². The van der Waals surface area contributed by atoms with Crippen LogP contribution in [0.15, 0.2) is 12.1 Å². The molecule has 0 amide bonds. The molecule has 1 aromatic carbocycles. The number of nitrogens with zero attached hydrogens (tertiary/aromatic N) is 1. The number of nitro groups is 1. The molecule has 0 aliphatic rings. The number of carboxylic acids is 2. The van der Waals surface area contributed by atoms with Gasteiger partial charge in [-0.05, 0) is 6.42 Å². The van der Waals surface area contributed by atoms with Gasteiger partial charge in [-0.1, -0.05) is 6.92 Å². The van der Waals surface area contributed by atoms with Crippen molar-refractivity contribution in [1.29, 1.82) is 0 Å². The average Bonchev–Trinajstić information content (AvgIpc) is 2.43. The zero-order valence-electron chi connectivity index (χ0n) is 11.2. The van der Waals surface area contributed by atoms with Gasteiger partial charge in [0.15, 0.2) is 17.6 Å². The summed E-state index contributed by atoms with van der Waals surface area (Å²) < 4.78 is 10.0. The highest BCUT2D eigenvalue weighted by Gasteiger charge is 2.26. The van der Waals surface area contributed by atoms with Gasteiger partial charge in [-0.15, -0.1) is 0 Å². The molecule has 2 N–H and O–H groups in total. The van der Waals surface area contributed by atoms with E-state index >= 15 is 0 Å². The second kappa shape index (κ2) is 6.55. The van der Waals surface area contributed by atoms with E-state index in [0.29, 0.717) is 0 Å². The molecular formula is C12H13NO8. The monoisotopic (exact) mass is 299 g/mol. The Bertz CT molecular complexity index is 583. The summed E-state index contributed by atoms with van der Waals surface area (Å²) in [7, 11) is 1.21. The van der Waals surface area contributed by atoms with Crippen molar-refractivity contribution in [3.63, 3.8) is 0 Å². The smallest absolute Gasteiger partial charge is 0.344 e. The van der Waals surface area contributed by atoms with E-state index in [1.165, 1.54) is 7.11 Å². The van der Waals surface area contributed by atoms with Crippen LogP contribution >= 0.6 is 0 Å². The predicted octanol–water partition coefficient (Wildman–Crippen LogP) is 1.54. The van der Waals surface area contributed by atoms with Gasteiger partial charge >= 0.3 is 11.9 Å². The highest BCUT2D eigenvalue weighted by atomic mass is 16.6. The normalized spacial score (nSPS) is 11.5. The number of nitro benzene ring substituents is 1. The molecule has 0 saturated carbocycles. The van der Waals surface area contributed by atoms with Crippen LogP contribution in [0.1, 0.15) is 23.7 Å². The molecule has 1 unspecified atom stereocenters. The van der Waals surface area contributed by atoms with Crippen LogP contribution in [0.25, 0.3) is 0 Å². The van der Waals surface area contributed by atoms with Crippen molar-refractivity contribution in [3.8, 4) is 11.5 Å². The van der Waals surface area contributed by atoms with Crippen molar-refractivity contribution in [2.45, 2.75) is 19.4 Å². The number of methoxy groups -OCH3 is 1. The number of aliphatic carboxylic acids is 1. The Morgan fingerprint density at radius 3 is 2.33 bits per heavy atom. The molecule has 0 heterocycles. The molecule has 9 heteroatoms. The summed E-state index contributed by atoms with van der Waals surface area (Å²) in [6.45, 7) is 1.56. The molecule has 0 bridgehead atoms. The summed E-state index contributed by atoms with van der Waals surface area (Å²) in [4.78, 5) is 31.9. The van der Waals surface area contributed by atoms with E-state index in [1.807, 2.05) is 0 Å². The van der Waals surface area contributed by atoms with Crippen molar-refractivity contribution in [2.24, 2.45) is 0 Å². The second-order valence-electron chi connectivity index (χ2n) is 3.94. The zero-order chi connectivity index (χ0) is 16.2. The Morgan fingerprint density at radius 1 is 1.33 bits per heavy atom. The molecule has 9 nitrogen and oxygen atoms in total. The summed E-state index contributed by atoms with van der Waals surface area (Å²) >= 11 is 0. The van der Waals surface area contributed by atoms with E-state index < -0.39 is 34.2 Å². The Kier molecular flexibility index (Phi) is 5.06. The van der Waals surface area contributed by atoms with Crippen LogP contribution in [0.4, 0.5) is 5.69 Å². The molecule has 0 aliphatic heterocycles. The van der Waals surface area contributed by atoms with Gasteiger partial charge in [-0.2, -0.15) is 0 Å². The average molecular weight is 299 g/mol. The summed E-state index contributed by atoms with van der Waals surface area (Å²) in [6.07, 6.45) is -1.11. The molecule has 114 valence electrons. The van der Waals surface area contributed by atoms with Crippen LogP contribution < -0.4 is 9.47 Å². The highest BCUT2D eigenvalue weighted by molar-refractivity contribution is 5.93. The number of benzene rings is 1. The number of hydrogen-bond acceptors (Lipinski definition) is 6. The fraction of sp³-hybridized carbons (Fsp3) is 0.333. The lowest BCUT2D eigenvalue weighted by atomic mass is 10.1. The van der Waals surface area contributed by atoms with Crippen molar-refractivity contribution in [2.75, 3.05) is 7.11 Å². The molecule has 1 aromatic rings. The maximum atomic E-state index is 11.0. The van der Waals surface area contributed by atoms with E-state index in [4.69, 9.17) is 19.7 Å². The summed E-state index contributed by atoms with van der Waals surface area (Å²) in [5, 5.41) is 28.8. The molecular weight excluding hydrogens is 286 g/mol. The third-order valence-corrected chi connectivity index (χ3v) is 2.62. The number of carboxylic acid groups (broad SMARTS) is 2. The van der Waals surface area contributed by atoms with E-state index in [9.17, 15) is 19.7 Å². The fourth-order valence-corrected chi connectivity index (χ4v) is 1.58. The summed E-state index contributed by atoms with van der Waals surface area (Å²) in [5.74, 6) is -3.05. The maximum absolute atomic E-state index is 11.0. The van der Waals surface area contributed by atoms with Crippen LogP contribution in [-0.4, -0.2) is 40.3 Å². The third kappa shape index (κ3) is 3.59. The largest absolute Gasteiger partial charge is 0.493 e. The predicted molar refractivity (Wildman–Crippen MR) is 69.0 cm³/mol. The molecule has 0 fully saturated rings. The lowest BCUT2D eigenvalue weighted by Crippen LogP contribution is -2.26. The van der Waals surface area contributed by atoms with Crippen LogP contribution in [0, 0.1) is 10.1 Å². The fourth-order valence-electron chi connectivity index (χ4n) is 1.58. The number of aromatic carboxylic acids is 1. The van der Waals surface area contributed by atoms with Crippen molar-refractivity contribution in [1.82, 2.24) is 0 Å². The topological polar surface area (TPSA) is 136 Å². The first-order valence-corrected chi connectivity index (χ1v) is 5.81. The molecule has 1 atom stereocenters.